The molecular formula is C16H21N5O3. The second kappa shape index (κ2) is 6.46. The van der Waals surface area contributed by atoms with Crippen molar-refractivity contribution in [3.63, 3.8) is 0 Å². The first-order chi connectivity index (χ1) is 11.5. The van der Waals surface area contributed by atoms with E-state index in [2.05, 4.69) is 15.1 Å². The van der Waals surface area contributed by atoms with E-state index in [9.17, 15) is 4.79 Å². The van der Waals surface area contributed by atoms with Gasteiger partial charge in [-0.2, -0.15) is 10.1 Å². The maximum absolute atomic E-state index is 12.8. The van der Waals surface area contributed by atoms with E-state index in [0.717, 1.165) is 17.8 Å². The summed E-state index contributed by atoms with van der Waals surface area (Å²) in [7, 11) is 3.37. The number of aromatic nitrogens is 4. The lowest BCUT2D eigenvalue weighted by molar-refractivity contribution is 0.0769. The van der Waals surface area contributed by atoms with E-state index < -0.39 is 0 Å². The van der Waals surface area contributed by atoms with E-state index in [1.807, 2.05) is 20.9 Å². The fourth-order valence-electron chi connectivity index (χ4n) is 2.91. The number of methoxy groups -OCH3 is 1. The standard InChI is InChI=1S/C16H21N5O3/c1-10-15(11(2)20(3)19-10)16(22)21-6-5-12(9-21)24-14-8-17-7-13(18-14)23-4/h7-8,12H,5-6,9H2,1-4H3. The average Bonchev–Trinajstić information content (AvgIpc) is 3.12. The lowest BCUT2D eigenvalue weighted by atomic mass is 10.2. The molecule has 1 atom stereocenters. The number of carbonyl (C=O) groups excluding carboxylic acids is 1. The van der Waals surface area contributed by atoms with Crippen molar-refractivity contribution in [2.75, 3.05) is 20.2 Å². The first kappa shape index (κ1) is 16.2. The van der Waals surface area contributed by atoms with Gasteiger partial charge in [0.15, 0.2) is 0 Å². The highest BCUT2D eigenvalue weighted by atomic mass is 16.5. The summed E-state index contributed by atoms with van der Waals surface area (Å²) in [6.45, 7) is 4.93. The maximum Gasteiger partial charge on any atom is 0.257 e. The molecule has 0 spiro atoms. The number of aryl methyl sites for hydroxylation is 2. The van der Waals surface area contributed by atoms with Gasteiger partial charge in [-0.3, -0.25) is 14.5 Å². The smallest absolute Gasteiger partial charge is 0.257 e. The predicted octanol–water partition coefficient (Wildman–Crippen LogP) is 1.13. The molecule has 1 aliphatic heterocycles. The summed E-state index contributed by atoms with van der Waals surface area (Å²) in [6, 6.07) is 0. The van der Waals surface area contributed by atoms with E-state index in [0.29, 0.717) is 30.4 Å². The second-order valence-electron chi connectivity index (χ2n) is 5.85. The summed E-state index contributed by atoms with van der Waals surface area (Å²) in [4.78, 5) is 22.8. The molecule has 0 aromatic carbocycles. The van der Waals surface area contributed by atoms with Crippen molar-refractivity contribution in [2.45, 2.75) is 26.4 Å². The highest BCUT2D eigenvalue weighted by molar-refractivity contribution is 5.96. The second-order valence-corrected chi connectivity index (χ2v) is 5.85. The molecule has 1 unspecified atom stereocenters. The third kappa shape index (κ3) is 3.04. The Hall–Kier alpha value is -2.64. The van der Waals surface area contributed by atoms with Crippen LogP contribution in [0.25, 0.3) is 0 Å². The van der Waals surface area contributed by atoms with Gasteiger partial charge in [0.25, 0.3) is 5.91 Å². The molecule has 0 radical (unpaired) electrons. The van der Waals surface area contributed by atoms with E-state index >= 15 is 0 Å². The minimum absolute atomic E-state index is 0.000858. The number of hydrogen-bond donors (Lipinski definition) is 0. The predicted molar refractivity (Wildman–Crippen MR) is 86.2 cm³/mol. The lowest BCUT2D eigenvalue weighted by Gasteiger charge is -2.17. The molecule has 1 saturated heterocycles. The fourth-order valence-corrected chi connectivity index (χ4v) is 2.91. The average molecular weight is 331 g/mol. The quantitative estimate of drug-likeness (QED) is 0.835. The van der Waals surface area contributed by atoms with E-state index in [1.54, 1.807) is 15.8 Å². The summed E-state index contributed by atoms with van der Waals surface area (Å²) in [5.74, 6) is 0.809. The zero-order chi connectivity index (χ0) is 17.3. The first-order valence-electron chi connectivity index (χ1n) is 7.81. The maximum atomic E-state index is 12.8. The molecule has 0 bridgehead atoms. The number of rotatable bonds is 4. The van der Waals surface area contributed by atoms with Gasteiger partial charge in [0, 0.05) is 25.7 Å². The molecule has 24 heavy (non-hydrogen) atoms. The Labute approximate surface area is 140 Å². The fraction of sp³-hybridized carbons (Fsp3) is 0.500. The molecule has 8 heteroatoms. The molecule has 2 aromatic heterocycles. The number of ether oxygens (including phenoxy) is 2. The molecule has 128 valence electrons. The molecule has 2 aromatic rings. The third-order valence-electron chi connectivity index (χ3n) is 4.24. The topological polar surface area (TPSA) is 82.4 Å². The third-order valence-corrected chi connectivity index (χ3v) is 4.24. The van der Waals surface area contributed by atoms with Gasteiger partial charge in [0.05, 0.1) is 37.3 Å². The van der Waals surface area contributed by atoms with Gasteiger partial charge in [-0.1, -0.05) is 0 Å². The number of amides is 1. The van der Waals surface area contributed by atoms with Crippen LogP contribution in [0.2, 0.25) is 0 Å². The molecule has 1 aliphatic rings. The zero-order valence-corrected chi connectivity index (χ0v) is 14.3. The summed E-state index contributed by atoms with van der Waals surface area (Å²) < 4.78 is 12.6. The van der Waals surface area contributed by atoms with Crippen molar-refractivity contribution in [1.29, 1.82) is 0 Å². The van der Waals surface area contributed by atoms with Crippen LogP contribution < -0.4 is 9.47 Å². The van der Waals surface area contributed by atoms with E-state index in [4.69, 9.17) is 9.47 Å². The minimum Gasteiger partial charge on any atom is -0.480 e. The van der Waals surface area contributed by atoms with Crippen LogP contribution in [0.3, 0.4) is 0 Å². The van der Waals surface area contributed by atoms with Gasteiger partial charge in [0.1, 0.15) is 6.10 Å². The first-order valence-corrected chi connectivity index (χ1v) is 7.81. The Kier molecular flexibility index (Phi) is 4.37. The molecule has 0 N–H and O–H groups in total. The summed E-state index contributed by atoms with van der Waals surface area (Å²) in [5, 5.41) is 4.31. The Morgan fingerprint density at radius 3 is 2.71 bits per heavy atom. The summed E-state index contributed by atoms with van der Waals surface area (Å²) in [6.07, 6.45) is 3.71. The number of nitrogens with zero attached hydrogens (tertiary/aromatic N) is 5. The molecular weight excluding hydrogens is 310 g/mol. The Morgan fingerprint density at radius 2 is 2.04 bits per heavy atom. The Morgan fingerprint density at radius 1 is 1.29 bits per heavy atom. The van der Waals surface area contributed by atoms with Crippen molar-refractivity contribution >= 4 is 5.91 Å². The largest absolute Gasteiger partial charge is 0.480 e. The number of likely N-dealkylation sites (tertiary alicyclic amines) is 1. The minimum atomic E-state index is -0.104. The van der Waals surface area contributed by atoms with E-state index in [1.165, 1.54) is 13.3 Å². The van der Waals surface area contributed by atoms with Crippen LogP contribution in [0.5, 0.6) is 11.8 Å². The van der Waals surface area contributed by atoms with Gasteiger partial charge in [0.2, 0.25) is 11.8 Å². The molecule has 1 fully saturated rings. The van der Waals surface area contributed by atoms with Crippen LogP contribution >= 0.6 is 0 Å². The molecule has 3 heterocycles. The van der Waals surface area contributed by atoms with Gasteiger partial charge in [-0.25, -0.2) is 0 Å². The van der Waals surface area contributed by atoms with Crippen LogP contribution in [-0.4, -0.2) is 56.9 Å². The van der Waals surface area contributed by atoms with Crippen molar-refractivity contribution in [1.82, 2.24) is 24.6 Å². The molecule has 1 amide bonds. The van der Waals surface area contributed by atoms with Crippen LogP contribution in [-0.2, 0) is 7.05 Å². The lowest BCUT2D eigenvalue weighted by Crippen LogP contribution is -2.31. The van der Waals surface area contributed by atoms with Crippen molar-refractivity contribution in [3.8, 4) is 11.8 Å². The van der Waals surface area contributed by atoms with Crippen molar-refractivity contribution < 1.29 is 14.3 Å². The van der Waals surface area contributed by atoms with Crippen LogP contribution in [0.4, 0.5) is 0 Å². The SMILES string of the molecule is COc1cncc(OC2CCN(C(=O)c3c(C)nn(C)c3C)C2)n1. The van der Waals surface area contributed by atoms with Crippen molar-refractivity contribution in [3.05, 3.63) is 29.3 Å². The summed E-state index contributed by atoms with van der Waals surface area (Å²) >= 11 is 0. The van der Waals surface area contributed by atoms with Crippen LogP contribution in [0.1, 0.15) is 28.2 Å². The van der Waals surface area contributed by atoms with Crippen LogP contribution in [0.15, 0.2) is 12.4 Å². The highest BCUT2D eigenvalue weighted by Crippen LogP contribution is 2.21. The highest BCUT2D eigenvalue weighted by Gasteiger charge is 2.31. The van der Waals surface area contributed by atoms with Gasteiger partial charge >= 0.3 is 0 Å². The molecule has 0 saturated carbocycles. The number of carbonyl (C=O) groups is 1. The van der Waals surface area contributed by atoms with Gasteiger partial charge < -0.3 is 14.4 Å². The molecule has 0 aliphatic carbocycles. The zero-order valence-electron chi connectivity index (χ0n) is 14.3. The normalized spacial score (nSPS) is 17.2. The molecule has 8 nitrogen and oxygen atoms in total. The molecule has 3 rings (SSSR count). The Bertz CT molecular complexity index is 758. The van der Waals surface area contributed by atoms with Crippen LogP contribution in [0, 0.1) is 13.8 Å². The summed E-state index contributed by atoms with van der Waals surface area (Å²) in [5.41, 5.74) is 2.31. The van der Waals surface area contributed by atoms with Gasteiger partial charge in [-0.15, -0.1) is 0 Å². The monoisotopic (exact) mass is 331 g/mol. The van der Waals surface area contributed by atoms with Gasteiger partial charge in [-0.05, 0) is 13.8 Å². The Balaban J connectivity index is 1.67. The van der Waals surface area contributed by atoms with E-state index in [-0.39, 0.29) is 12.0 Å². The number of hydrogen-bond acceptors (Lipinski definition) is 6. The van der Waals surface area contributed by atoms with Crippen molar-refractivity contribution in [2.24, 2.45) is 7.05 Å².